The van der Waals surface area contributed by atoms with Crippen molar-refractivity contribution in [2.75, 3.05) is 0 Å². The number of hydrogen-bond donors (Lipinski definition) is 0. The van der Waals surface area contributed by atoms with Gasteiger partial charge in [-0.15, -0.1) is 26.9 Å². The van der Waals surface area contributed by atoms with E-state index in [-0.39, 0.29) is 0 Å². The lowest BCUT2D eigenvalue weighted by atomic mass is 10.4. The van der Waals surface area contributed by atoms with Gasteiger partial charge in [0.1, 0.15) is 9.88 Å². The zero-order valence-corrected chi connectivity index (χ0v) is 10.5. The summed E-state index contributed by atoms with van der Waals surface area (Å²) in [5.74, 6) is 1.06. The van der Waals surface area contributed by atoms with Gasteiger partial charge in [0.05, 0.1) is 11.6 Å². The first-order valence-electron chi connectivity index (χ1n) is 4.36. The Morgan fingerprint density at radius 1 is 1.31 bits per heavy atom. The van der Waals surface area contributed by atoms with Crippen LogP contribution >= 0.6 is 34.5 Å². The second-order valence-corrected chi connectivity index (χ2v) is 5.10. The number of hydrogen-bond acceptors (Lipinski definition) is 7. The van der Waals surface area contributed by atoms with E-state index in [0.717, 1.165) is 20.5 Å². The summed E-state index contributed by atoms with van der Waals surface area (Å²) in [5, 5.41) is 17.2. The highest BCUT2D eigenvalue weighted by molar-refractivity contribution is 7.16. The van der Waals surface area contributed by atoms with Crippen LogP contribution in [0.1, 0.15) is 10.7 Å². The van der Waals surface area contributed by atoms with Crippen LogP contribution in [0.15, 0.2) is 0 Å². The molecule has 3 rings (SSSR count). The molecule has 0 fully saturated rings. The van der Waals surface area contributed by atoms with Crippen LogP contribution in [0.4, 0.5) is 0 Å². The Bertz CT molecular complexity index is 640. The molecule has 0 aliphatic carbocycles. The summed E-state index contributed by atoms with van der Waals surface area (Å²) in [6.07, 6.45) is 0. The van der Waals surface area contributed by atoms with Gasteiger partial charge < -0.3 is 0 Å². The number of halogens is 1. The monoisotopic (exact) mass is 272 g/mol. The summed E-state index contributed by atoms with van der Waals surface area (Å²) in [4.78, 5) is 1.62. The van der Waals surface area contributed by atoms with Crippen LogP contribution in [-0.2, 0) is 5.88 Å². The standard InChI is InChI=1S/C7H5ClN6S2/c1-3-5(16-13-9-3)6-10-11-7-14(6)12-4(2-8)15-7/h2H2,1H3. The largest absolute Gasteiger partial charge is 0.235 e. The molecule has 0 unspecified atom stereocenters. The van der Waals surface area contributed by atoms with Gasteiger partial charge in [-0.3, -0.25) is 0 Å². The van der Waals surface area contributed by atoms with Crippen LogP contribution < -0.4 is 0 Å². The smallest absolute Gasteiger partial charge is 0.182 e. The maximum absolute atomic E-state index is 5.73. The Balaban J connectivity index is 2.24. The second-order valence-electron chi connectivity index (χ2n) is 3.03. The van der Waals surface area contributed by atoms with E-state index in [0.29, 0.717) is 11.7 Å². The lowest BCUT2D eigenvalue weighted by Gasteiger charge is -1.90. The van der Waals surface area contributed by atoms with E-state index >= 15 is 0 Å². The third kappa shape index (κ3) is 1.41. The van der Waals surface area contributed by atoms with Crippen molar-refractivity contribution in [2.24, 2.45) is 0 Å². The first-order valence-corrected chi connectivity index (χ1v) is 6.48. The van der Waals surface area contributed by atoms with Crippen molar-refractivity contribution in [1.82, 2.24) is 29.4 Å². The number of aromatic nitrogens is 6. The molecule has 3 aromatic rings. The van der Waals surface area contributed by atoms with Gasteiger partial charge in [-0.2, -0.15) is 9.61 Å². The molecule has 9 heteroatoms. The molecule has 6 nitrogen and oxygen atoms in total. The average molecular weight is 273 g/mol. The van der Waals surface area contributed by atoms with Crippen molar-refractivity contribution in [3.63, 3.8) is 0 Å². The minimum atomic E-state index is 0.382. The van der Waals surface area contributed by atoms with Crippen LogP contribution in [0.3, 0.4) is 0 Å². The Kier molecular flexibility index (Phi) is 2.34. The van der Waals surface area contributed by atoms with E-state index in [9.17, 15) is 0 Å². The topological polar surface area (TPSA) is 68.9 Å². The number of fused-ring (bicyclic) bond motifs is 1. The Morgan fingerprint density at radius 3 is 2.88 bits per heavy atom. The Hall–Kier alpha value is -1.12. The molecular formula is C7H5ClN6S2. The third-order valence-electron chi connectivity index (χ3n) is 2.00. The summed E-state index contributed by atoms with van der Waals surface area (Å²) in [7, 11) is 0. The first-order chi connectivity index (χ1) is 7.79. The van der Waals surface area contributed by atoms with E-state index in [1.54, 1.807) is 4.52 Å². The van der Waals surface area contributed by atoms with Gasteiger partial charge in [-0.1, -0.05) is 15.8 Å². The van der Waals surface area contributed by atoms with Crippen LogP contribution in [-0.4, -0.2) is 29.4 Å². The Morgan fingerprint density at radius 2 is 2.19 bits per heavy atom. The summed E-state index contributed by atoms with van der Waals surface area (Å²) in [5.41, 5.74) is 0.833. The van der Waals surface area contributed by atoms with E-state index in [1.807, 2.05) is 6.92 Å². The molecule has 16 heavy (non-hydrogen) atoms. The summed E-state index contributed by atoms with van der Waals surface area (Å²) >= 11 is 8.45. The maximum Gasteiger partial charge on any atom is 0.235 e. The van der Waals surface area contributed by atoms with E-state index in [4.69, 9.17) is 11.6 Å². The zero-order valence-electron chi connectivity index (χ0n) is 8.08. The highest BCUT2D eigenvalue weighted by Gasteiger charge is 2.16. The van der Waals surface area contributed by atoms with E-state index in [1.165, 1.54) is 22.9 Å². The lowest BCUT2D eigenvalue weighted by molar-refractivity contribution is 0.934. The molecule has 0 aromatic carbocycles. The third-order valence-corrected chi connectivity index (χ3v) is 4.14. The van der Waals surface area contributed by atoms with Gasteiger partial charge >= 0.3 is 0 Å². The minimum Gasteiger partial charge on any atom is -0.182 e. The van der Waals surface area contributed by atoms with Crippen LogP contribution in [0, 0.1) is 6.92 Å². The van der Waals surface area contributed by atoms with Gasteiger partial charge in [-0.05, 0) is 18.5 Å². The lowest BCUT2D eigenvalue weighted by Crippen LogP contribution is -1.91. The van der Waals surface area contributed by atoms with E-state index < -0.39 is 0 Å². The second kappa shape index (κ2) is 3.72. The molecule has 0 saturated carbocycles. The van der Waals surface area contributed by atoms with Gasteiger partial charge in [-0.25, -0.2) is 0 Å². The summed E-state index contributed by atoms with van der Waals surface area (Å²) < 4.78 is 5.56. The predicted molar refractivity (Wildman–Crippen MR) is 61.9 cm³/mol. The Labute approximate surface area is 103 Å². The highest BCUT2D eigenvalue weighted by Crippen LogP contribution is 2.26. The van der Waals surface area contributed by atoms with Gasteiger partial charge in [0.25, 0.3) is 0 Å². The summed E-state index contributed by atoms with van der Waals surface area (Å²) in [6, 6.07) is 0. The number of alkyl halides is 1. The SMILES string of the molecule is Cc1nnsc1-c1nnc2sc(CCl)nn12. The van der Waals surface area contributed by atoms with Crippen molar-refractivity contribution in [1.29, 1.82) is 0 Å². The molecule has 0 amide bonds. The summed E-state index contributed by atoms with van der Waals surface area (Å²) in [6.45, 7) is 1.88. The molecule has 0 radical (unpaired) electrons. The molecule has 0 saturated heterocycles. The molecule has 82 valence electrons. The normalized spacial score (nSPS) is 11.4. The number of rotatable bonds is 2. The molecule has 0 atom stereocenters. The first kappa shape index (κ1) is 10.1. The fourth-order valence-electron chi connectivity index (χ4n) is 1.29. The van der Waals surface area contributed by atoms with Crippen molar-refractivity contribution in [2.45, 2.75) is 12.8 Å². The van der Waals surface area contributed by atoms with E-state index in [2.05, 4.69) is 24.9 Å². The van der Waals surface area contributed by atoms with Gasteiger partial charge in [0, 0.05) is 0 Å². The van der Waals surface area contributed by atoms with Gasteiger partial charge in [0.15, 0.2) is 5.82 Å². The fourth-order valence-corrected chi connectivity index (χ4v) is 2.82. The van der Waals surface area contributed by atoms with Gasteiger partial charge in [0.2, 0.25) is 4.96 Å². The molecule has 3 heterocycles. The average Bonchev–Trinajstić information content (AvgIpc) is 2.92. The number of nitrogens with zero attached hydrogens (tertiary/aromatic N) is 6. The van der Waals surface area contributed by atoms with Crippen LogP contribution in [0.5, 0.6) is 0 Å². The quantitative estimate of drug-likeness (QED) is 0.665. The van der Waals surface area contributed by atoms with Crippen molar-refractivity contribution in [3.05, 3.63) is 10.7 Å². The maximum atomic E-state index is 5.73. The molecule has 3 aromatic heterocycles. The fraction of sp³-hybridized carbons (Fsp3) is 0.286. The van der Waals surface area contributed by atoms with Crippen molar-refractivity contribution < 1.29 is 0 Å². The van der Waals surface area contributed by atoms with Crippen LogP contribution in [0.2, 0.25) is 0 Å². The van der Waals surface area contributed by atoms with Crippen molar-refractivity contribution >= 4 is 39.4 Å². The minimum absolute atomic E-state index is 0.382. The molecular weight excluding hydrogens is 268 g/mol. The number of aryl methyl sites for hydroxylation is 1. The molecule has 0 aliphatic rings. The predicted octanol–water partition coefficient (Wildman–Crippen LogP) is 1.75. The zero-order chi connectivity index (χ0) is 11.1. The molecule has 0 spiro atoms. The highest BCUT2D eigenvalue weighted by atomic mass is 35.5. The van der Waals surface area contributed by atoms with Crippen LogP contribution in [0.25, 0.3) is 15.7 Å². The molecule has 0 N–H and O–H groups in total. The van der Waals surface area contributed by atoms with Crippen molar-refractivity contribution in [3.8, 4) is 10.7 Å². The molecule has 0 aliphatic heterocycles. The molecule has 0 bridgehead atoms.